The lowest BCUT2D eigenvalue weighted by atomic mass is 10.2. The fourth-order valence-corrected chi connectivity index (χ4v) is 3.87. The van der Waals surface area contributed by atoms with Gasteiger partial charge in [0.15, 0.2) is 11.0 Å². The first-order valence-electron chi connectivity index (χ1n) is 11.1. The van der Waals surface area contributed by atoms with E-state index in [0.29, 0.717) is 28.8 Å². The molecule has 1 heterocycles. The van der Waals surface area contributed by atoms with E-state index < -0.39 is 17.7 Å². The Morgan fingerprint density at radius 3 is 2.67 bits per heavy atom. The lowest BCUT2D eigenvalue weighted by Gasteiger charge is -2.10. The molecule has 36 heavy (non-hydrogen) atoms. The number of rotatable bonds is 11. The first kappa shape index (κ1) is 26.6. The molecular weight excluding hydrogens is 485 g/mol. The fourth-order valence-electron chi connectivity index (χ4n) is 3.10. The minimum Gasteiger partial charge on any atom is -0.459 e. The van der Waals surface area contributed by atoms with Crippen LogP contribution in [0.5, 0.6) is 0 Å². The van der Waals surface area contributed by atoms with Crippen LogP contribution < -0.4 is 10.6 Å². The van der Waals surface area contributed by atoms with E-state index >= 15 is 0 Å². The Bertz CT molecular complexity index is 1260. The summed E-state index contributed by atoms with van der Waals surface area (Å²) in [5.74, 6) is -1.52. The predicted octanol–water partition coefficient (Wildman–Crippen LogP) is 3.83. The van der Waals surface area contributed by atoms with Gasteiger partial charge in [-0.2, -0.15) is 0 Å². The molecule has 0 atom stereocenters. The zero-order valence-corrected chi connectivity index (χ0v) is 20.7. The molecule has 2 N–H and O–H groups in total. The molecule has 0 saturated heterocycles. The van der Waals surface area contributed by atoms with E-state index in [1.165, 1.54) is 18.2 Å². The number of benzene rings is 2. The van der Waals surface area contributed by atoms with Gasteiger partial charge in [-0.15, -0.1) is 16.8 Å². The molecular formula is C25H26FN5O4S. The summed E-state index contributed by atoms with van der Waals surface area (Å²) in [6.07, 6.45) is 1.38. The summed E-state index contributed by atoms with van der Waals surface area (Å²) in [4.78, 5) is 36.9. The van der Waals surface area contributed by atoms with Gasteiger partial charge in [-0.1, -0.05) is 36.0 Å². The number of allylic oxidation sites excluding steroid dienone is 1. The molecule has 2 amide bonds. The molecule has 2 aromatic carbocycles. The van der Waals surface area contributed by atoms with E-state index in [0.717, 1.165) is 11.8 Å². The third-order valence-electron chi connectivity index (χ3n) is 4.69. The summed E-state index contributed by atoms with van der Waals surface area (Å²) in [5, 5.41) is 14.0. The van der Waals surface area contributed by atoms with Gasteiger partial charge in [0, 0.05) is 12.2 Å². The van der Waals surface area contributed by atoms with Gasteiger partial charge < -0.3 is 19.9 Å². The number of halogens is 1. The van der Waals surface area contributed by atoms with E-state index in [9.17, 15) is 18.8 Å². The molecule has 0 fully saturated rings. The minimum absolute atomic E-state index is 0.0139. The second kappa shape index (κ2) is 12.6. The number of thioether (sulfide) groups is 1. The SMILES string of the molecule is C=CCn1c(CNC(=O)c2ccccc2F)nnc1SCC(=O)Nc1cccc(C(=O)OC(C)C)c1. The van der Waals surface area contributed by atoms with Crippen molar-refractivity contribution in [3.05, 3.63) is 84.0 Å². The maximum Gasteiger partial charge on any atom is 0.338 e. The van der Waals surface area contributed by atoms with Gasteiger partial charge in [0.05, 0.1) is 29.5 Å². The Balaban J connectivity index is 1.60. The van der Waals surface area contributed by atoms with Crippen LogP contribution in [0.4, 0.5) is 10.1 Å². The van der Waals surface area contributed by atoms with Gasteiger partial charge in [-0.05, 0) is 44.2 Å². The lowest BCUT2D eigenvalue weighted by molar-refractivity contribution is -0.113. The average Bonchev–Trinajstić information content (AvgIpc) is 3.23. The molecule has 0 aliphatic carbocycles. The Hall–Kier alpha value is -3.99. The van der Waals surface area contributed by atoms with E-state index in [2.05, 4.69) is 27.4 Å². The summed E-state index contributed by atoms with van der Waals surface area (Å²) in [6.45, 7) is 7.60. The third kappa shape index (κ3) is 7.25. The highest BCUT2D eigenvalue weighted by atomic mass is 32.2. The van der Waals surface area contributed by atoms with Crippen molar-refractivity contribution in [2.24, 2.45) is 0 Å². The molecule has 188 valence electrons. The number of hydrogen-bond acceptors (Lipinski definition) is 7. The molecule has 9 nitrogen and oxygen atoms in total. The summed E-state index contributed by atoms with van der Waals surface area (Å²) < 4.78 is 20.7. The van der Waals surface area contributed by atoms with Crippen molar-refractivity contribution < 1.29 is 23.5 Å². The zero-order valence-electron chi connectivity index (χ0n) is 19.9. The molecule has 0 bridgehead atoms. The maximum absolute atomic E-state index is 13.8. The van der Waals surface area contributed by atoms with Crippen LogP contribution in [0, 0.1) is 5.82 Å². The monoisotopic (exact) mass is 511 g/mol. The smallest absolute Gasteiger partial charge is 0.338 e. The van der Waals surface area contributed by atoms with Crippen LogP contribution in [0.2, 0.25) is 0 Å². The van der Waals surface area contributed by atoms with Crippen LogP contribution in [0.25, 0.3) is 0 Å². The number of hydrogen-bond donors (Lipinski definition) is 2. The van der Waals surface area contributed by atoms with Crippen LogP contribution in [-0.4, -0.2) is 44.4 Å². The van der Waals surface area contributed by atoms with Crippen molar-refractivity contribution in [2.45, 2.75) is 38.2 Å². The second-order valence-electron chi connectivity index (χ2n) is 7.83. The molecule has 0 unspecified atom stereocenters. The van der Waals surface area contributed by atoms with Crippen molar-refractivity contribution in [2.75, 3.05) is 11.1 Å². The minimum atomic E-state index is -0.618. The van der Waals surface area contributed by atoms with E-state index in [-0.39, 0.29) is 29.9 Å². The summed E-state index contributed by atoms with van der Waals surface area (Å²) in [6, 6.07) is 12.2. The highest BCUT2D eigenvalue weighted by Crippen LogP contribution is 2.19. The highest BCUT2D eigenvalue weighted by Gasteiger charge is 2.17. The normalized spacial score (nSPS) is 10.7. The molecule has 1 aromatic heterocycles. The third-order valence-corrected chi connectivity index (χ3v) is 5.65. The van der Waals surface area contributed by atoms with E-state index in [1.807, 2.05) is 0 Å². The number of amides is 2. The molecule has 0 spiro atoms. The van der Waals surface area contributed by atoms with E-state index in [1.54, 1.807) is 54.8 Å². The predicted molar refractivity (Wildman–Crippen MR) is 134 cm³/mol. The number of anilines is 1. The first-order valence-corrected chi connectivity index (χ1v) is 12.1. The van der Waals surface area contributed by atoms with Crippen molar-refractivity contribution in [3.63, 3.8) is 0 Å². The van der Waals surface area contributed by atoms with Crippen molar-refractivity contribution in [3.8, 4) is 0 Å². The summed E-state index contributed by atoms with van der Waals surface area (Å²) in [7, 11) is 0. The van der Waals surface area contributed by atoms with Crippen molar-refractivity contribution in [1.29, 1.82) is 0 Å². The Kier molecular flexibility index (Phi) is 9.34. The summed E-state index contributed by atoms with van der Waals surface area (Å²) >= 11 is 1.15. The molecule has 11 heteroatoms. The number of nitrogens with zero attached hydrogens (tertiary/aromatic N) is 3. The number of carbonyl (C=O) groups is 3. The van der Waals surface area contributed by atoms with Gasteiger partial charge in [0.25, 0.3) is 5.91 Å². The summed E-state index contributed by atoms with van der Waals surface area (Å²) in [5.41, 5.74) is 0.727. The molecule has 0 aliphatic heterocycles. The van der Waals surface area contributed by atoms with Gasteiger partial charge >= 0.3 is 5.97 Å². The standard InChI is InChI=1S/C25H26FN5O4S/c1-4-12-31-21(14-27-23(33)19-10-5-6-11-20(19)26)29-30-25(31)36-15-22(32)28-18-9-7-8-17(13-18)24(34)35-16(2)3/h4-11,13,16H,1,12,14-15H2,2-3H3,(H,27,33)(H,28,32). The van der Waals surface area contributed by atoms with Gasteiger partial charge in [-0.25, -0.2) is 9.18 Å². The second-order valence-corrected chi connectivity index (χ2v) is 8.77. The van der Waals surface area contributed by atoms with Crippen LogP contribution in [0.1, 0.15) is 40.4 Å². The van der Waals surface area contributed by atoms with Gasteiger partial charge in [0.2, 0.25) is 5.91 Å². The van der Waals surface area contributed by atoms with Crippen LogP contribution in [0.15, 0.2) is 66.3 Å². The topological polar surface area (TPSA) is 115 Å². The number of esters is 1. The molecule has 0 aliphatic rings. The van der Waals surface area contributed by atoms with Crippen molar-refractivity contribution in [1.82, 2.24) is 20.1 Å². The van der Waals surface area contributed by atoms with Gasteiger partial charge in [-0.3, -0.25) is 9.59 Å². The van der Waals surface area contributed by atoms with Crippen LogP contribution in [0.3, 0.4) is 0 Å². The zero-order chi connectivity index (χ0) is 26.1. The molecule has 3 rings (SSSR count). The number of aromatic nitrogens is 3. The molecule has 0 saturated carbocycles. The quantitative estimate of drug-likeness (QED) is 0.228. The van der Waals surface area contributed by atoms with Crippen LogP contribution >= 0.6 is 11.8 Å². The Morgan fingerprint density at radius 2 is 1.94 bits per heavy atom. The number of nitrogens with one attached hydrogen (secondary N) is 2. The van der Waals surface area contributed by atoms with Crippen molar-refractivity contribution >= 4 is 35.2 Å². The highest BCUT2D eigenvalue weighted by molar-refractivity contribution is 7.99. The average molecular weight is 512 g/mol. The number of ether oxygens (including phenoxy) is 1. The van der Waals surface area contributed by atoms with Crippen LogP contribution in [-0.2, 0) is 22.6 Å². The molecule has 3 aromatic rings. The fraction of sp³-hybridized carbons (Fsp3) is 0.240. The Morgan fingerprint density at radius 1 is 1.17 bits per heavy atom. The maximum atomic E-state index is 13.8. The largest absolute Gasteiger partial charge is 0.459 e. The molecule has 0 radical (unpaired) electrons. The van der Waals surface area contributed by atoms with Gasteiger partial charge in [0.1, 0.15) is 5.82 Å². The first-order chi connectivity index (χ1) is 17.3. The lowest BCUT2D eigenvalue weighted by Crippen LogP contribution is -2.25. The Labute approximate surface area is 212 Å². The van der Waals surface area contributed by atoms with E-state index in [4.69, 9.17) is 4.74 Å². The number of carbonyl (C=O) groups excluding carboxylic acids is 3.